The van der Waals surface area contributed by atoms with Crippen molar-refractivity contribution in [3.63, 3.8) is 0 Å². The Morgan fingerprint density at radius 3 is 2.64 bits per heavy atom. The summed E-state index contributed by atoms with van der Waals surface area (Å²) in [5.74, 6) is -0.221. The Bertz CT molecular complexity index is 1310. The van der Waals surface area contributed by atoms with Crippen LogP contribution in [-0.2, 0) is 21.3 Å². The fourth-order valence-corrected chi connectivity index (χ4v) is 4.19. The summed E-state index contributed by atoms with van der Waals surface area (Å²) in [4.78, 5) is 29.4. The molecule has 11 nitrogen and oxygen atoms in total. The van der Waals surface area contributed by atoms with E-state index in [1.807, 2.05) is 6.07 Å². The number of nitrogens with one attached hydrogen (secondary N) is 2. The summed E-state index contributed by atoms with van der Waals surface area (Å²) < 4.78 is 12.1. The van der Waals surface area contributed by atoms with Gasteiger partial charge in [0, 0.05) is 43.5 Å². The van der Waals surface area contributed by atoms with E-state index in [4.69, 9.17) is 21.1 Å². The highest BCUT2D eigenvalue weighted by Gasteiger charge is 2.48. The Kier molecular flexibility index (Phi) is 7.19. The Morgan fingerprint density at radius 2 is 2.00 bits per heavy atom. The molecule has 0 spiro atoms. The molecule has 0 bridgehead atoms. The smallest absolute Gasteiger partial charge is 0.413 e. The predicted octanol–water partition coefficient (Wildman–Crippen LogP) is 4.10. The van der Waals surface area contributed by atoms with Crippen molar-refractivity contribution >= 4 is 35.1 Å². The van der Waals surface area contributed by atoms with Crippen molar-refractivity contribution < 1.29 is 19.1 Å². The van der Waals surface area contributed by atoms with E-state index in [1.54, 1.807) is 44.3 Å². The quantitative estimate of drug-likeness (QED) is 0.484. The van der Waals surface area contributed by atoms with Gasteiger partial charge in [0.05, 0.1) is 23.6 Å². The Hall–Kier alpha value is -4.01. The molecule has 1 aliphatic carbocycles. The van der Waals surface area contributed by atoms with E-state index < -0.39 is 17.8 Å². The molecular formula is C24H24ClN7O4. The molecule has 1 aromatic carbocycles. The van der Waals surface area contributed by atoms with Crippen LogP contribution in [0.2, 0.25) is 5.02 Å². The Balaban J connectivity index is 1.40. The van der Waals surface area contributed by atoms with Crippen LogP contribution in [0.25, 0.3) is 11.4 Å². The molecule has 2 aromatic heterocycles. The van der Waals surface area contributed by atoms with E-state index in [-0.39, 0.29) is 17.6 Å². The van der Waals surface area contributed by atoms with Gasteiger partial charge in [0.1, 0.15) is 6.10 Å². The minimum Gasteiger partial charge on any atom is -0.441 e. The maximum absolute atomic E-state index is 12.6. The molecule has 36 heavy (non-hydrogen) atoms. The highest BCUT2D eigenvalue weighted by molar-refractivity contribution is 6.31. The number of rotatable bonds is 7. The van der Waals surface area contributed by atoms with Gasteiger partial charge in [-0.05, 0) is 25.1 Å². The van der Waals surface area contributed by atoms with Crippen molar-refractivity contribution in [3.05, 3.63) is 53.2 Å². The minimum absolute atomic E-state index is 0.204. The number of hydrogen-bond donors (Lipinski definition) is 2. The summed E-state index contributed by atoms with van der Waals surface area (Å²) >= 11 is 6.19. The number of pyridine rings is 1. The normalized spacial score (nSPS) is 19.5. The lowest BCUT2D eigenvalue weighted by Crippen LogP contribution is -2.48. The fourth-order valence-electron chi connectivity index (χ4n) is 3.90. The number of benzene rings is 1. The second-order valence-corrected chi connectivity index (χ2v) is 8.85. The largest absolute Gasteiger partial charge is 0.441 e. The number of aryl methyl sites for hydroxylation is 1. The highest BCUT2D eigenvalue weighted by Crippen LogP contribution is 2.40. The first kappa shape index (κ1) is 25.1. The third kappa shape index (κ3) is 5.15. The second kappa shape index (κ2) is 10.3. The molecule has 12 heteroatoms. The fraction of sp³-hybridized carbons (Fsp3) is 0.333. The lowest BCUT2D eigenvalue weighted by molar-refractivity contribution is -0.132. The first-order chi connectivity index (χ1) is 17.2. The van der Waals surface area contributed by atoms with Gasteiger partial charge in [0.25, 0.3) is 0 Å². The number of amides is 2. The lowest BCUT2D eigenvalue weighted by Gasteiger charge is -2.40. The van der Waals surface area contributed by atoms with E-state index in [2.05, 4.69) is 32.0 Å². The number of nitrogens with zero attached hydrogens (tertiary/aromatic N) is 5. The van der Waals surface area contributed by atoms with E-state index >= 15 is 0 Å². The summed E-state index contributed by atoms with van der Waals surface area (Å²) in [6, 6.07) is 12.5. The van der Waals surface area contributed by atoms with Gasteiger partial charge in [-0.2, -0.15) is 5.26 Å². The van der Waals surface area contributed by atoms with Crippen LogP contribution in [0, 0.1) is 17.2 Å². The Labute approximate surface area is 212 Å². The van der Waals surface area contributed by atoms with Crippen molar-refractivity contribution in [1.82, 2.24) is 20.0 Å². The third-order valence-electron chi connectivity index (χ3n) is 6.07. The van der Waals surface area contributed by atoms with Crippen molar-refractivity contribution in [3.8, 4) is 17.5 Å². The van der Waals surface area contributed by atoms with E-state index in [0.29, 0.717) is 40.5 Å². The van der Waals surface area contributed by atoms with Crippen LogP contribution < -0.4 is 10.6 Å². The molecule has 3 aromatic rings. The van der Waals surface area contributed by atoms with Crippen LogP contribution >= 0.6 is 11.6 Å². The summed E-state index contributed by atoms with van der Waals surface area (Å²) in [5, 5.41) is 23.2. The van der Waals surface area contributed by atoms with E-state index in [9.17, 15) is 14.9 Å². The van der Waals surface area contributed by atoms with Crippen LogP contribution in [0.3, 0.4) is 0 Å². The van der Waals surface area contributed by atoms with Crippen LogP contribution in [0.5, 0.6) is 0 Å². The maximum atomic E-state index is 12.6. The number of halogens is 1. The van der Waals surface area contributed by atoms with Gasteiger partial charge in [-0.3, -0.25) is 15.1 Å². The number of carbonyl (C=O) groups is 2. The topological polar surface area (TPSA) is 144 Å². The van der Waals surface area contributed by atoms with Gasteiger partial charge < -0.3 is 14.8 Å². The average molecular weight is 510 g/mol. The number of hydrogen-bond acceptors (Lipinski definition) is 8. The van der Waals surface area contributed by atoms with Crippen molar-refractivity contribution in [2.75, 3.05) is 17.7 Å². The van der Waals surface area contributed by atoms with Crippen LogP contribution in [0.15, 0.2) is 42.6 Å². The summed E-state index contributed by atoms with van der Waals surface area (Å²) in [6.07, 6.45) is 0.884. The second-order valence-electron chi connectivity index (χ2n) is 8.44. The first-order valence-electron chi connectivity index (χ1n) is 11.1. The van der Waals surface area contributed by atoms with Crippen LogP contribution in [-0.4, -0.2) is 44.7 Å². The van der Waals surface area contributed by atoms with Crippen molar-refractivity contribution in [1.29, 1.82) is 5.26 Å². The van der Waals surface area contributed by atoms with Gasteiger partial charge in [0.2, 0.25) is 5.91 Å². The predicted molar refractivity (Wildman–Crippen MR) is 131 cm³/mol. The molecule has 4 rings (SSSR count). The molecular weight excluding hydrogens is 486 g/mol. The van der Waals surface area contributed by atoms with Gasteiger partial charge >= 0.3 is 6.09 Å². The summed E-state index contributed by atoms with van der Waals surface area (Å²) in [7, 11) is 3.09. The van der Waals surface area contributed by atoms with E-state index in [0.717, 1.165) is 0 Å². The van der Waals surface area contributed by atoms with Gasteiger partial charge in [-0.25, -0.2) is 9.48 Å². The van der Waals surface area contributed by atoms with Crippen LogP contribution in [0.4, 0.5) is 16.3 Å². The van der Waals surface area contributed by atoms with Crippen molar-refractivity contribution in [2.24, 2.45) is 13.0 Å². The number of ether oxygens (including phenoxy) is 2. The van der Waals surface area contributed by atoms with Gasteiger partial charge in [-0.1, -0.05) is 35.0 Å². The molecule has 2 amide bonds. The molecule has 1 aliphatic rings. The number of methoxy groups -OCH3 is 1. The number of nitriles is 1. The van der Waals surface area contributed by atoms with E-state index in [1.165, 1.54) is 18.0 Å². The molecule has 0 saturated heterocycles. The number of anilines is 2. The van der Waals surface area contributed by atoms with Crippen molar-refractivity contribution in [2.45, 2.75) is 31.5 Å². The number of aromatic nitrogens is 4. The molecule has 2 N–H and O–H groups in total. The molecule has 1 fully saturated rings. The minimum atomic E-state index is -0.883. The molecule has 0 unspecified atom stereocenters. The first-order valence-corrected chi connectivity index (χ1v) is 11.5. The lowest BCUT2D eigenvalue weighted by atomic mass is 9.71. The average Bonchev–Trinajstić information content (AvgIpc) is 3.19. The molecule has 0 radical (unpaired) electrons. The molecule has 0 aliphatic heterocycles. The third-order valence-corrected chi connectivity index (χ3v) is 6.41. The maximum Gasteiger partial charge on any atom is 0.413 e. The monoisotopic (exact) mass is 509 g/mol. The standard InChI is InChI=1S/C24H24ClN7O4/c1-14(17-6-4-5-7-18(17)25)36-23(34)29-21-20(30-31-32(21)2)19-9-8-16(12-27-19)28-22(33)15-10-24(11-15,13-26)35-3/h4-9,12,14-15H,10-11H2,1-3H3,(H,28,33)(H,29,34)/t14-,15-,24-/m1/s1. The van der Waals surface area contributed by atoms with Gasteiger partial charge in [0.15, 0.2) is 17.1 Å². The zero-order valence-electron chi connectivity index (χ0n) is 19.9. The van der Waals surface area contributed by atoms with Gasteiger partial charge in [-0.15, -0.1) is 5.10 Å². The number of carbonyl (C=O) groups excluding carboxylic acids is 2. The summed E-state index contributed by atoms with van der Waals surface area (Å²) in [6.45, 7) is 1.72. The van der Waals surface area contributed by atoms with Crippen LogP contribution in [0.1, 0.15) is 31.4 Å². The molecule has 1 saturated carbocycles. The zero-order chi connectivity index (χ0) is 25.9. The molecule has 2 heterocycles. The zero-order valence-corrected chi connectivity index (χ0v) is 20.6. The SMILES string of the molecule is CO[C@]1(C#N)C[C@@H](C(=O)Nc2ccc(-c3nnn(C)c3NC(=O)O[C@H](C)c3ccccc3Cl)nc2)C1. The summed E-state index contributed by atoms with van der Waals surface area (Å²) in [5.41, 5.74) is 1.05. The molecule has 186 valence electrons. The molecule has 1 atom stereocenters. The highest BCUT2D eigenvalue weighted by atomic mass is 35.5. The Morgan fingerprint density at radius 1 is 1.25 bits per heavy atom.